The van der Waals surface area contributed by atoms with Gasteiger partial charge in [-0.25, -0.2) is 8.78 Å². The third kappa shape index (κ3) is 2.54. The van der Waals surface area contributed by atoms with Crippen molar-refractivity contribution in [3.05, 3.63) is 75.3 Å². The number of phenolic OH excluding ortho intramolecular Hbond substituents is 1. The zero-order valence-corrected chi connectivity index (χ0v) is 14.8. The molecule has 0 bridgehead atoms. The zero-order valence-electron chi connectivity index (χ0n) is 13.3. The Morgan fingerprint density at radius 1 is 0.704 bits per heavy atom. The van der Waals surface area contributed by atoms with Crippen LogP contribution in [0.5, 0.6) is 5.75 Å². The van der Waals surface area contributed by atoms with Crippen LogP contribution in [0.1, 0.15) is 20.7 Å². The van der Waals surface area contributed by atoms with E-state index in [1.165, 1.54) is 30.3 Å². The minimum Gasteiger partial charge on any atom is -0.506 e. The number of halogens is 4. The van der Waals surface area contributed by atoms with Crippen LogP contribution in [-0.4, -0.2) is 16.7 Å². The summed E-state index contributed by atoms with van der Waals surface area (Å²) < 4.78 is 27.2. The first kappa shape index (κ1) is 17.6. The average Bonchev–Trinajstić information content (AvgIpc) is 2.65. The van der Waals surface area contributed by atoms with Crippen LogP contribution in [0.2, 0.25) is 0 Å². The fraction of sp³-hybridized carbons (Fsp3) is 0. The maximum Gasteiger partial charge on any atom is 0.210 e. The van der Waals surface area contributed by atoms with Crippen molar-refractivity contribution in [1.29, 1.82) is 0 Å². The fourth-order valence-corrected chi connectivity index (χ4v) is 3.59. The number of aromatic hydroxyl groups is 1. The van der Waals surface area contributed by atoms with E-state index in [1.54, 1.807) is 0 Å². The van der Waals surface area contributed by atoms with Gasteiger partial charge in [-0.2, -0.15) is 0 Å². The molecule has 0 unspecified atom stereocenters. The number of ketones is 2. The topological polar surface area (TPSA) is 54.4 Å². The van der Waals surface area contributed by atoms with Gasteiger partial charge < -0.3 is 5.11 Å². The Kier molecular flexibility index (Phi) is 4.02. The molecule has 3 aromatic carbocycles. The average molecular weight is 405 g/mol. The van der Waals surface area contributed by atoms with E-state index in [1.807, 2.05) is 0 Å². The first-order valence-corrected chi connectivity index (χ1v) is 8.45. The monoisotopic (exact) mass is 404 g/mol. The van der Waals surface area contributed by atoms with Crippen molar-refractivity contribution < 1.29 is 23.5 Å². The maximum atomic E-state index is 13.9. The second-order valence-corrected chi connectivity index (χ2v) is 6.71. The molecule has 134 valence electrons. The van der Waals surface area contributed by atoms with Gasteiger partial charge in [0.05, 0.1) is 5.56 Å². The van der Waals surface area contributed by atoms with Crippen molar-refractivity contribution in [3.63, 3.8) is 0 Å². The highest BCUT2D eigenvalue weighted by atomic mass is 35.5. The van der Waals surface area contributed by atoms with Crippen molar-refractivity contribution in [2.75, 3.05) is 0 Å². The lowest BCUT2D eigenvalue weighted by Crippen LogP contribution is -2.19. The molecule has 3 nitrogen and oxygen atoms in total. The predicted molar refractivity (Wildman–Crippen MR) is 98.4 cm³/mol. The largest absolute Gasteiger partial charge is 0.506 e. The standard InChI is InChI=1S/C20H8Cl2F2O3/c21-16-17(22)20(27)15-14(19(16)26)12-7-10(24)5-6-11(12)13(18(15)25)8-1-3-9(23)4-2-8/h1-7,25H. The van der Waals surface area contributed by atoms with Gasteiger partial charge >= 0.3 is 0 Å². The van der Waals surface area contributed by atoms with Crippen LogP contribution < -0.4 is 0 Å². The molecule has 0 aromatic heterocycles. The van der Waals surface area contributed by atoms with Gasteiger partial charge in [0.15, 0.2) is 0 Å². The lowest BCUT2D eigenvalue weighted by Gasteiger charge is -2.21. The molecule has 0 radical (unpaired) electrons. The minimum atomic E-state index is -0.844. The normalized spacial score (nSPS) is 14.1. The number of allylic oxidation sites excluding steroid dienone is 2. The van der Waals surface area contributed by atoms with Crippen molar-refractivity contribution in [2.45, 2.75) is 0 Å². The molecule has 1 aliphatic carbocycles. The van der Waals surface area contributed by atoms with Crippen LogP contribution in [0.3, 0.4) is 0 Å². The van der Waals surface area contributed by atoms with Crippen LogP contribution in [0.4, 0.5) is 8.78 Å². The first-order chi connectivity index (χ1) is 12.8. The molecule has 7 heteroatoms. The predicted octanol–water partition coefficient (Wildman–Crippen LogP) is 5.56. The molecule has 0 aliphatic heterocycles. The summed E-state index contributed by atoms with van der Waals surface area (Å²) >= 11 is 11.7. The molecule has 0 saturated heterocycles. The molecule has 0 saturated carbocycles. The smallest absolute Gasteiger partial charge is 0.210 e. The molecule has 0 spiro atoms. The van der Waals surface area contributed by atoms with E-state index in [0.717, 1.165) is 12.1 Å². The second-order valence-electron chi connectivity index (χ2n) is 5.96. The summed E-state index contributed by atoms with van der Waals surface area (Å²) in [4.78, 5) is 25.3. The lowest BCUT2D eigenvalue weighted by atomic mass is 9.84. The number of carbonyl (C=O) groups excluding carboxylic acids is 2. The highest BCUT2D eigenvalue weighted by Gasteiger charge is 2.36. The highest BCUT2D eigenvalue weighted by molar-refractivity contribution is 6.60. The van der Waals surface area contributed by atoms with Gasteiger partial charge in [0.2, 0.25) is 11.6 Å². The van der Waals surface area contributed by atoms with Gasteiger partial charge in [-0.1, -0.05) is 41.4 Å². The van der Waals surface area contributed by atoms with E-state index >= 15 is 0 Å². The van der Waals surface area contributed by atoms with Crippen LogP contribution in [0.15, 0.2) is 52.5 Å². The SMILES string of the molecule is O=C1C(Cl)=C(Cl)C(=O)c2c1c(O)c(-c1ccc(F)cc1)c1ccc(F)cc21. The Balaban J connectivity index is 2.21. The molecule has 0 heterocycles. The van der Waals surface area contributed by atoms with Crippen LogP contribution >= 0.6 is 23.2 Å². The van der Waals surface area contributed by atoms with Crippen LogP contribution in [0, 0.1) is 11.6 Å². The van der Waals surface area contributed by atoms with Crippen LogP contribution in [-0.2, 0) is 0 Å². The zero-order chi connectivity index (χ0) is 19.5. The van der Waals surface area contributed by atoms with Crippen LogP contribution in [0.25, 0.3) is 21.9 Å². The molecule has 1 N–H and O–H groups in total. The highest BCUT2D eigenvalue weighted by Crippen LogP contribution is 2.46. The van der Waals surface area contributed by atoms with Gasteiger partial charge in [-0.3, -0.25) is 9.59 Å². The summed E-state index contributed by atoms with van der Waals surface area (Å²) in [5, 5.41) is 10.2. The van der Waals surface area contributed by atoms with Gasteiger partial charge in [-0.15, -0.1) is 0 Å². The maximum absolute atomic E-state index is 13.9. The number of carbonyl (C=O) groups is 2. The molecule has 27 heavy (non-hydrogen) atoms. The van der Waals surface area contributed by atoms with E-state index < -0.39 is 39.0 Å². The molecule has 0 fully saturated rings. The molecule has 0 amide bonds. The number of Topliss-reactive ketones (excluding diaryl/α,β-unsaturated/α-hetero) is 2. The summed E-state index contributed by atoms with van der Waals surface area (Å²) in [5.41, 5.74) is -0.0307. The molecule has 1 aliphatic rings. The van der Waals surface area contributed by atoms with Gasteiger partial charge in [0, 0.05) is 11.1 Å². The van der Waals surface area contributed by atoms with Crippen molar-refractivity contribution >= 4 is 45.5 Å². The van der Waals surface area contributed by atoms with Crippen molar-refractivity contribution in [3.8, 4) is 16.9 Å². The third-order valence-electron chi connectivity index (χ3n) is 4.42. The first-order valence-electron chi connectivity index (χ1n) is 7.70. The number of hydrogen-bond donors (Lipinski definition) is 1. The Labute approximate surface area is 161 Å². The summed E-state index contributed by atoms with van der Waals surface area (Å²) in [6.45, 7) is 0. The van der Waals surface area contributed by atoms with E-state index in [-0.39, 0.29) is 22.1 Å². The lowest BCUT2D eigenvalue weighted by molar-refractivity contribution is 0.0986. The van der Waals surface area contributed by atoms with Gasteiger partial charge in [-0.05, 0) is 40.6 Å². The summed E-state index contributed by atoms with van der Waals surface area (Å²) in [7, 11) is 0. The molecule has 4 rings (SSSR count). The van der Waals surface area contributed by atoms with E-state index in [0.29, 0.717) is 10.9 Å². The Morgan fingerprint density at radius 3 is 1.89 bits per heavy atom. The molecular weight excluding hydrogens is 397 g/mol. The van der Waals surface area contributed by atoms with Crippen molar-refractivity contribution in [2.24, 2.45) is 0 Å². The number of rotatable bonds is 1. The number of benzene rings is 3. The Morgan fingerprint density at radius 2 is 1.26 bits per heavy atom. The summed E-state index contributed by atoms with van der Waals surface area (Å²) in [6, 6.07) is 8.77. The van der Waals surface area contributed by atoms with E-state index in [9.17, 15) is 23.5 Å². The summed E-state index contributed by atoms with van der Waals surface area (Å²) in [5.74, 6) is -3.26. The molecular formula is C20H8Cl2F2O3. The molecule has 0 atom stereocenters. The fourth-order valence-electron chi connectivity index (χ4n) is 3.23. The van der Waals surface area contributed by atoms with E-state index in [4.69, 9.17) is 23.2 Å². The van der Waals surface area contributed by atoms with Gasteiger partial charge in [0.1, 0.15) is 27.4 Å². The Hall–Kier alpha value is -2.76. The quantitative estimate of drug-likeness (QED) is 0.577. The number of phenols is 1. The van der Waals surface area contributed by atoms with E-state index in [2.05, 4.69) is 0 Å². The Bertz CT molecular complexity index is 1200. The third-order valence-corrected chi connectivity index (χ3v) is 5.24. The number of hydrogen-bond acceptors (Lipinski definition) is 3. The molecule has 3 aromatic rings. The number of fused-ring (bicyclic) bond motifs is 3. The second kappa shape index (κ2) is 6.15. The van der Waals surface area contributed by atoms with Crippen molar-refractivity contribution in [1.82, 2.24) is 0 Å². The van der Waals surface area contributed by atoms with Gasteiger partial charge in [0.25, 0.3) is 0 Å². The summed E-state index contributed by atoms with van der Waals surface area (Å²) in [6.07, 6.45) is 0. The minimum absolute atomic E-state index is 0.0998.